The van der Waals surface area contributed by atoms with E-state index in [0.717, 1.165) is 36.7 Å². The molecule has 3 atom stereocenters. The average Bonchev–Trinajstić information content (AvgIpc) is 2.62. The molecule has 2 amide bonds. The highest BCUT2D eigenvalue weighted by molar-refractivity contribution is 6.05. The van der Waals surface area contributed by atoms with Crippen molar-refractivity contribution in [1.82, 2.24) is 4.90 Å². The highest BCUT2D eigenvalue weighted by atomic mass is 16.6. The van der Waals surface area contributed by atoms with Crippen molar-refractivity contribution in [2.24, 2.45) is 11.8 Å². The van der Waals surface area contributed by atoms with Crippen LogP contribution in [0.2, 0.25) is 0 Å². The monoisotopic (exact) mass is 251 g/mol. The Kier molecular flexibility index (Phi) is 3.50. The van der Waals surface area contributed by atoms with Crippen LogP contribution >= 0.6 is 0 Å². The SMILES string of the molecule is C=CC(=O)OC(C)N1C(=O)C2CCCCC2C1=O. The summed E-state index contributed by atoms with van der Waals surface area (Å²) < 4.78 is 4.96. The number of esters is 1. The number of hydrogen-bond acceptors (Lipinski definition) is 4. The fourth-order valence-electron chi connectivity index (χ4n) is 2.82. The molecule has 1 saturated carbocycles. The molecular formula is C13H17NO4. The Balaban J connectivity index is 2.13. The van der Waals surface area contributed by atoms with E-state index in [2.05, 4.69) is 6.58 Å². The van der Waals surface area contributed by atoms with Crippen molar-refractivity contribution < 1.29 is 19.1 Å². The van der Waals surface area contributed by atoms with Gasteiger partial charge in [0.1, 0.15) is 0 Å². The number of likely N-dealkylation sites (tertiary alicyclic amines) is 1. The summed E-state index contributed by atoms with van der Waals surface area (Å²) >= 11 is 0. The molecule has 0 bridgehead atoms. The van der Waals surface area contributed by atoms with Crippen LogP contribution in [-0.4, -0.2) is 28.9 Å². The third kappa shape index (κ3) is 2.05. The molecule has 5 heteroatoms. The molecule has 1 aliphatic carbocycles. The molecule has 0 aromatic rings. The first kappa shape index (κ1) is 12.8. The Morgan fingerprint density at radius 1 is 1.33 bits per heavy atom. The van der Waals surface area contributed by atoms with Crippen molar-refractivity contribution in [3.63, 3.8) is 0 Å². The number of hydrogen-bond donors (Lipinski definition) is 0. The number of carbonyl (C=O) groups excluding carboxylic acids is 3. The molecule has 1 saturated heterocycles. The summed E-state index contributed by atoms with van der Waals surface area (Å²) in [7, 11) is 0. The number of carbonyl (C=O) groups is 3. The van der Waals surface area contributed by atoms with E-state index < -0.39 is 12.2 Å². The number of fused-ring (bicyclic) bond motifs is 1. The van der Waals surface area contributed by atoms with Gasteiger partial charge in [0.2, 0.25) is 11.8 Å². The van der Waals surface area contributed by atoms with E-state index in [4.69, 9.17) is 4.74 Å². The lowest BCUT2D eigenvalue weighted by Crippen LogP contribution is -2.41. The van der Waals surface area contributed by atoms with Gasteiger partial charge in [-0.25, -0.2) is 9.69 Å². The molecule has 98 valence electrons. The molecule has 0 aromatic heterocycles. The van der Waals surface area contributed by atoms with Crippen LogP contribution < -0.4 is 0 Å². The van der Waals surface area contributed by atoms with Crippen LogP contribution in [0.15, 0.2) is 12.7 Å². The van der Waals surface area contributed by atoms with E-state index in [-0.39, 0.29) is 23.7 Å². The predicted octanol–water partition coefficient (Wildman–Crippen LogP) is 1.24. The molecule has 2 aliphatic rings. The lowest BCUT2D eigenvalue weighted by molar-refractivity contribution is -0.162. The minimum absolute atomic E-state index is 0.200. The summed E-state index contributed by atoms with van der Waals surface area (Å²) in [5.74, 6) is -1.45. The second-order valence-corrected chi connectivity index (χ2v) is 4.78. The number of rotatable bonds is 3. The highest BCUT2D eigenvalue weighted by Gasteiger charge is 2.50. The van der Waals surface area contributed by atoms with Gasteiger partial charge in [-0.3, -0.25) is 9.59 Å². The van der Waals surface area contributed by atoms with Gasteiger partial charge < -0.3 is 4.74 Å². The molecular weight excluding hydrogens is 234 g/mol. The van der Waals surface area contributed by atoms with Gasteiger partial charge >= 0.3 is 5.97 Å². The van der Waals surface area contributed by atoms with Gasteiger partial charge in [-0.15, -0.1) is 0 Å². The molecule has 2 rings (SSSR count). The van der Waals surface area contributed by atoms with E-state index in [1.165, 1.54) is 6.92 Å². The summed E-state index contributed by atoms with van der Waals surface area (Å²) in [6, 6.07) is 0. The quantitative estimate of drug-likeness (QED) is 0.430. The third-order valence-corrected chi connectivity index (χ3v) is 3.69. The molecule has 1 aliphatic heterocycles. The minimum atomic E-state index is -0.846. The van der Waals surface area contributed by atoms with Gasteiger partial charge in [-0.1, -0.05) is 19.4 Å². The van der Waals surface area contributed by atoms with Gasteiger partial charge in [0, 0.05) is 6.08 Å². The maximum Gasteiger partial charge on any atom is 0.332 e. The van der Waals surface area contributed by atoms with E-state index in [1.54, 1.807) is 0 Å². The van der Waals surface area contributed by atoms with Crippen LogP contribution in [0.3, 0.4) is 0 Å². The number of nitrogens with zero attached hydrogens (tertiary/aromatic N) is 1. The standard InChI is InChI=1S/C13H17NO4/c1-3-11(15)18-8(2)14-12(16)9-6-4-5-7-10(9)13(14)17/h3,8-10H,1,4-7H2,2H3. The highest BCUT2D eigenvalue weighted by Crippen LogP contribution is 2.38. The van der Waals surface area contributed by atoms with Gasteiger partial charge in [-0.05, 0) is 19.8 Å². The lowest BCUT2D eigenvalue weighted by atomic mass is 9.81. The van der Waals surface area contributed by atoms with Gasteiger partial charge in [0.15, 0.2) is 6.23 Å². The second kappa shape index (κ2) is 4.92. The molecule has 0 N–H and O–H groups in total. The van der Waals surface area contributed by atoms with Crippen molar-refractivity contribution in [1.29, 1.82) is 0 Å². The Hall–Kier alpha value is -1.65. The first-order chi connectivity index (χ1) is 8.56. The third-order valence-electron chi connectivity index (χ3n) is 3.69. The van der Waals surface area contributed by atoms with Crippen LogP contribution in [-0.2, 0) is 19.1 Å². The Labute approximate surface area is 106 Å². The molecule has 3 unspecified atom stereocenters. The normalized spacial score (nSPS) is 28.8. The number of ether oxygens (including phenoxy) is 1. The molecule has 1 heterocycles. The predicted molar refractivity (Wildman–Crippen MR) is 63.1 cm³/mol. The van der Waals surface area contributed by atoms with Crippen LogP contribution in [0, 0.1) is 11.8 Å². The number of amides is 2. The zero-order chi connectivity index (χ0) is 13.3. The van der Waals surface area contributed by atoms with Crippen LogP contribution in [0.4, 0.5) is 0 Å². The van der Waals surface area contributed by atoms with Crippen LogP contribution in [0.5, 0.6) is 0 Å². The summed E-state index contributed by atoms with van der Waals surface area (Å²) in [5.41, 5.74) is 0. The summed E-state index contributed by atoms with van der Waals surface area (Å²) in [6.07, 6.45) is 3.65. The summed E-state index contributed by atoms with van der Waals surface area (Å²) in [4.78, 5) is 36.5. The van der Waals surface area contributed by atoms with E-state index >= 15 is 0 Å². The molecule has 0 spiro atoms. The van der Waals surface area contributed by atoms with Crippen molar-refractivity contribution >= 4 is 17.8 Å². The molecule has 0 radical (unpaired) electrons. The first-order valence-corrected chi connectivity index (χ1v) is 6.26. The zero-order valence-electron chi connectivity index (χ0n) is 10.4. The van der Waals surface area contributed by atoms with Gasteiger partial charge in [0.05, 0.1) is 11.8 Å². The number of imide groups is 1. The van der Waals surface area contributed by atoms with Crippen LogP contribution in [0.25, 0.3) is 0 Å². The first-order valence-electron chi connectivity index (χ1n) is 6.26. The van der Waals surface area contributed by atoms with E-state index in [0.29, 0.717) is 0 Å². The Bertz CT molecular complexity index is 380. The molecule has 2 fully saturated rings. The molecule has 18 heavy (non-hydrogen) atoms. The molecule has 5 nitrogen and oxygen atoms in total. The van der Waals surface area contributed by atoms with E-state index in [9.17, 15) is 14.4 Å². The van der Waals surface area contributed by atoms with Crippen molar-refractivity contribution in [2.45, 2.75) is 38.8 Å². The zero-order valence-corrected chi connectivity index (χ0v) is 10.4. The van der Waals surface area contributed by atoms with Crippen molar-refractivity contribution in [3.05, 3.63) is 12.7 Å². The Morgan fingerprint density at radius 2 is 1.83 bits per heavy atom. The summed E-state index contributed by atoms with van der Waals surface area (Å²) in [5, 5.41) is 0. The van der Waals surface area contributed by atoms with E-state index in [1.807, 2.05) is 0 Å². The van der Waals surface area contributed by atoms with Gasteiger partial charge in [0.25, 0.3) is 0 Å². The fourth-order valence-corrected chi connectivity index (χ4v) is 2.82. The maximum absolute atomic E-state index is 12.1. The maximum atomic E-state index is 12.1. The smallest absolute Gasteiger partial charge is 0.332 e. The largest absolute Gasteiger partial charge is 0.438 e. The minimum Gasteiger partial charge on any atom is -0.438 e. The lowest BCUT2D eigenvalue weighted by Gasteiger charge is -2.22. The summed E-state index contributed by atoms with van der Waals surface area (Å²) in [6.45, 7) is 4.82. The second-order valence-electron chi connectivity index (χ2n) is 4.78. The average molecular weight is 251 g/mol. The topological polar surface area (TPSA) is 63.7 Å². The molecule has 0 aromatic carbocycles. The van der Waals surface area contributed by atoms with Crippen molar-refractivity contribution in [2.75, 3.05) is 0 Å². The van der Waals surface area contributed by atoms with Crippen LogP contribution in [0.1, 0.15) is 32.6 Å². The Morgan fingerprint density at radius 3 is 2.28 bits per heavy atom. The fraction of sp³-hybridized carbons (Fsp3) is 0.615. The van der Waals surface area contributed by atoms with Gasteiger partial charge in [-0.2, -0.15) is 0 Å². The van der Waals surface area contributed by atoms with Crippen molar-refractivity contribution in [3.8, 4) is 0 Å².